The van der Waals surface area contributed by atoms with Gasteiger partial charge in [-0.15, -0.1) is 0 Å². The first-order valence-corrected chi connectivity index (χ1v) is 8.68. The van der Waals surface area contributed by atoms with E-state index in [-0.39, 0.29) is 5.75 Å². The molecule has 2 aromatic rings. The number of thioether (sulfide) groups is 1. The minimum Gasteiger partial charge on any atom is -0.459 e. The zero-order chi connectivity index (χ0) is 18.2. The molecule has 0 aromatic carbocycles. The van der Waals surface area contributed by atoms with Gasteiger partial charge >= 0.3 is 11.9 Å². The first kappa shape index (κ1) is 18.9. The van der Waals surface area contributed by atoms with Gasteiger partial charge in [0.15, 0.2) is 5.16 Å². The van der Waals surface area contributed by atoms with Crippen molar-refractivity contribution in [2.75, 3.05) is 5.75 Å². The topological polar surface area (TPSA) is 91.3 Å². The van der Waals surface area contributed by atoms with Crippen LogP contribution < -0.4 is 0 Å². The molecule has 0 saturated heterocycles. The molecule has 0 aliphatic carbocycles. The minimum absolute atomic E-state index is 0.0583. The summed E-state index contributed by atoms with van der Waals surface area (Å²) in [6.07, 6.45) is 2.27. The number of carbonyl (C=O) groups is 2. The maximum atomic E-state index is 11.9. The number of rotatable bonds is 7. The van der Waals surface area contributed by atoms with E-state index in [0.29, 0.717) is 10.9 Å². The molecule has 2 unspecified atom stereocenters. The first-order valence-electron chi connectivity index (χ1n) is 7.69. The van der Waals surface area contributed by atoms with E-state index in [1.807, 2.05) is 18.2 Å². The molecule has 0 saturated carbocycles. The third kappa shape index (κ3) is 6.15. The quantitative estimate of drug-likeness (QED) is 0.422. The van der Waals surface area contributed by atoms with Gasteiger partial charge in [-0.2, -0.15) is 0 Å². The fraction of sp³-hybridized carbons (Fsp3) is 0.353. The summed E-state index contributed by atoms with van der Waals surface area (Å²) in [4.78, 5) is 35.6. The van der Waals surface area contributed by atoms with Gasteiger partial charge in [-0.3, -0.25) is 14.6 Å². The van der Waals surface area contributed by atoms with E-state index in [2.05, 4.69) is 15.0 Å². The van der Waals surface area contributed by atoms with E-state index in [4.69, 9.17) is 9.47 Å². The molecule has 132 valence electrons. The van der Waals surface area contributed by atoms with Gasteiger partial charge in [0.25, 0.3) is 0 Å². The molecule has 2 aromatic heterocycles. The third-order valence-electron chi connectivity index (χ3n) is 3.21. The lowest BCUT2D eigenvalue weighted by molar-refractivity contribution is -0.162. The number of hydrogen-bond donors (Lipinski definition) is 0. The summed E-state index contributed by atoms with van der Waals surface area (Å²) in [5.41, 5.74) is 1.42. The zero-order valence-corrected chi connectivity index (χ0v) is 15.0. The molecule has 2 atom stereocenters. The van der Waals surface area contributed by atoms with E-state index in [1.165, 1.54) is 18.7 Å². The normalized spacial score (nSPS) is 12.9. The van der Waals surface area contributed by atoms with Crippen LogP contribution in [0.3, 0.4) is 0 Å². The molecule has 0 spiro atoms. The smallest absolute Gasteiger partial charge is 0.316 e. The van der Waals surface area contributed by atoms with E-state index >= 15 is 0 Å². The lowest BCUT2D eigenvalue weighted by atomic mass is 10.2. The highest BCUT2D eigenvalue weighted by Crippen LogP contribution is 2.18. The van der Waals surface area contributed by atoms with Crippen LogP contribution in [0.5, 0.6) is 0 Å². The molecule has 2 rings (SSSR count). The number of ether oxygens (including phenoxy) is 2. The molecule has 0 fully saturated rings. The average molecular weight is 361 g/mol. The summed E-state index contributed by atoms with van der Waals surface area (Å²) in [6.45, 7) is 4.66. The van der Waals surface area contributed by atoms with Gasteiger partial charge < -0.3 is 9.47 Å². The molecular formula is C17H19N3O4S. The van der Waals surface area contributed by atoms with Crippen LogP contribution in [0.2, 0.25) is 0 Å². The molecular weight excluding hydrogens is 342 g/mol. The molecule has 0 radical (unpaired) electrons. The van der Waals surface area contributed by atoms with Crippen molar-refractivity contribution in [2.45, 2.75) is 38.1 Å². The van der Waals surface area contributed by atoms with Crippen LogP contribution in [0.4, 0.5) is 0 Å². The molecule has 0 bridgehead atoms. The zero-order valence-electron chi connectivity index (χ0n) is 14.2. The number of carbonyl (C=O) groups excluding carboxylic acids is 2. The SMILES string of the molecule is CC(=O)OC(C)C(C)OC(=O)CSc1nccc(-c2ccccn2)n1. The van der Waals surface area contributed by atoms with Gasteiger partial charge in [0.2, 0.25) is 0 Å². The van der Waals surface area contributed by atoms with Crippen molar-refractivity contribution in [3.63, 3.8) is 0 Å². The number of nitrogens with zero attached hydrogens (tertiary/aromatic N) is 3. The Morgan fingerprint density at radius 1 is 1.04 bits per heavy atom. The standard InChI is InChI=1S/C17H19N3O4S/c1-11(23-13(3)21)12(2)24-16(22)10-25-17-19-9-7-15(20-17)14-6-4-5-8-18-14/h4-9,11-12H,10H2,1-3H3. The number of esters is 2. The lowest BCUT2D eigenvalue weighted by Crippen LogP contribution is -2.30. The highest BCUT2D eigenvalue weighted by atomic mass is 32.2. The van der Waals surface area contributed by atoms with Crippen molar-refractivity contribution >= 4 is 23.7 Å². The van der Waals surface area contributed by atoms with Gasteiger partial charge in [-0.05, 0) is 32.0 Å². The van der Waals surface area contributed by atoms with Crippen LogP contribution in [0.15, 0.2) is 41.8 Å². The average Bonchev–Trinajstić information content (AvgIpc) is 2.60. The van der Waals surface area contributed by atoms with E-state index in [9.17, 15) is 9.59 Å². The fourth-order valence-electron chi connectivity index (χ4n) is 1.89. The molecule has 0 amide bonds. The first-order chi connectivity index (χ1) is 12.0. The molecule has 0 N–H and O–H groups in total. The molecule has 25 heavy (non-hydrogen) atoms. The number of hydrogen-bond acceptors (Lipinski definition) is 8. The van der Waals surface area contributed by atoms with Crippen molar-refractivity contribution in [2.24, 2.45) is 0 Å². The molecule has 8 heteroatoms. The van der Waals surface area contributed by atoms with Gasteiger partial charge in [-0.1, -0.05) is 17.8 Å². The lowest BCUT2D eigenvalue weighted by Gasteiger charge is -2.19. The van der Waals surface area contributed by atoms with Crippen molar-refractivity contribution in [3.8, 4) is 11.4 Å². The van der Waals surface area contributed by atoms with Crippen molar-refractivity contribution < 1.29 is 19.1 Å². The van der Waals surface area contributed by atoms with Crippen LogP contribution in [-0.2, 0) is 19.1 Å². The Labute approximate surface area is 150 Å². The maximum absolute atomic E-state index is 11.9. The molecule has 0 aliphatic heterocycles. The number of pyridine rings is 1. The van der Waals surface area contributed by atoms with Gasteiger partial charge in [0.05, 0.1) is 17.1 Å². The summed E-state index contributed by atoms with van der Waals surface area (Å²) in [7, 11) is 0. The predicted molar refractivity (Wildman–Crippen MR) is 92.8 cm³/mol. The second-order valence-electron chi connectivity index (χ2n) is 5.24. The minimum atomic E-state index is -0.530. The number of aromatic nitrogens is 3. The van der Waals surface area contributed by atoms with Crippen molar-refractivity contribution in [3.05, 3.63) is 36.7 Å². The van der Waals surface area contributed by atoms with Crippen LogP contribution >= 0.6 is 11.8 Å². The summed E-state index contributed by atoms with van der Waals surface area (Å²) in [5, 5.41) is 0.459. The van der Waals surface area contributed by atoms with Gasteiger partial charge in [-0.25, -0.2) is 9.97 Å². The Bertz CT molecular complexity index is 727. The predicted octanol–water partition coefficient (Wildman–Crippen LogP) is 2.51. The Morgan fingerprint density at radius 2 is 1.80 bits per heavy atom. The maximum Gasteiger partial charge on any atom is 0.316 e. The van der Waals surface area contributed by atoms with E-state index in [0.717, 1.165) is 5.69 Å². The van der Waals surface area contributed by atoms with Crippen LogP contribution in [0.1, 0.15) is 20.8 Å². The van der Waals surface area contributed by atoms with E-state index in [1.54, 1.807) is 32.3 Å². The second kappa shape index (κ2) is 9.12. The summed E-state index contributed by atoms with van der Waals surface area (Å²) in [6, 6.07) is 7.31. The van der Waals surface area contributed by atoms with E-state index < -0.39 is 24.1 Å². The Hall–Kier alpha value is -2.48. The van der Waals surface area contributed by atoms with Crippen LogP contribution in [-0.4, -0.2) is 44.9 Å². The monoisotopic (exact) mass is 361 g/mol. The Balaban J connectivity index is 1.89. The molecule has 2 heterocycles. The second-order valence-corrected chi connectivity index (χ2v) is 6.18. The molecule has 0 aliphatic rings. The van der Waals surface area contributed by atoms with Crippen molar-refractivity contribution in [1.29, 1.82) is 0 Å². The summed E-state index contributed by atoms with van der Waals surface area (Å²) >= 11 is 1.17. The van der Waals surface area contributed by atoms with Crippen molar-refractivity contribution in [1.82, 2.24) is 15.0 Å². The highest BCUT2D eigenvalue weighted by molar-refractivity contribution is 7.99. The molecule has 7 nitrogen and oxygen atoms in total. The van der Waals surface area contributed by atoms with Gasteiger partial charge in [0.1, 0.15) is 12.2 Å². The Morgan fingerprint density at radius 3 is 2.48 bits per heavy atom. The van der Waals surface area contributed by atoms with Gasteiger partial charge in [0, 0.05) is 19.3 Å². The summed E-state index contributed by atoms with van der Waals surface area (Å²) in [5.74, 6) is -0.782. The third-order valence-corrected chi connectivity index (χ3v) is 4.05. The largest absolute Gasteiger partial charge is 0.459 e. The highest BCUT2D eigenvalue weighted by Gasteiger charge is 2.19. The summed E-state index contributed by atoms with van der Waals surface area (Å²) < 4.78 is 10.2. The van der Waals surface area contributed by atoms with Crippen LogP contribution in [0, 0.1) is 0 Å². The van der Waals surface area contributed by atoms with Crippen LogP contribution in [0.25, 0.3) is 11.4 Å². The fourth-order valence-corrected chi connectivity index (χ4v) is 2.50. The Kier molecular flexibility index (Phi) is 6.88.